The minimum absolute atomic E-state index is 0.0665. The lowest BCUT2D eigenvalue weighted by Gasteiger charge is -2.20. The van der Waals surface area contributed by atoms with Gasteiger partial charge in [0.25, 0.3) is 5.56 Å². The molecule has 3 rings (SSSR count). The predicted molar refractivity (Wildman–Crippen MR) is 95.6 cm³/mol. The quantitative estimate of drug-likeness (QED) is 0.402. The molecule has 1 saturated heterocycles. The summed E-state index contributed by atoms with van der Waals surface area (Å²) in [6, 6.07) is 0. The molecule has 3 heterocycles. The first-order chi connectivity index (χ1) is 13.0. The molecule has 2 aromatic heterocycles. The Balaban J connectivity index is 1.80. The van der Waals surface area contributed by atoms with Gasteiger partial charge in [-0.2, -0.15) is 4.98 Å². The molecule has 0 spiro atoms. The third kappa shape index (κ3) is 3.80. The van der Waals surface area contributed by atoms with Gasteiger partial charge in [-0.25, -0.2) is 4.98 Å². The normalized spacial score (nSPS) is 25.1. The van der Waals surface area contributed by atoms with Crippen molar-refractivity contribution in [2.75, 3.05) is 18.9 Å². The Morgan fingerprint density at radius 2 is 2.30 bits per heavy atom. The summed E-state index contributed by atoms with van der Waals surface area (Å²) >= 11 is 0. The summed E-state index contributed by atoms with van der Waals surface area (Å²) in [6.45, 7) is 1.83. The summed E-state index contributed by atoms with van der Waals surface area (Å²) in [5, 5.41) is 23.1. The first-order valence-electron chi connectivity index (χ1n) is 8.89. The Morgan fingerprint density at radius 3 is 3.00 bits per heavy atom. The maximum Gasteiger partial charge on any atom is 0.280 e. The lowest BCUT2D eigenvalue weighted by molar-refractivity contribution is -0.121. The zero-order valence-electron chi connectivity index (χ0n) is 15.0. The van der Waals surface area contributed by atoms with Crippen molar-refractivity contribution in [3.63, 3.8) is 0 Å². The van der Waals surface area contributed by atoms with E-state index in [0.29, 0.717) is 6.42 Å². The van der Waals surface area contributed by atoms with Crippen molar-refractivity contribution in [1.82, 2.24) is 24.8 Å². The van der Waals surface area contributed by atoms with Crippen LogP contribution in [-0.2, 0) is 9.53 Å². The van der Waals surface area contributed by atoms with Crippen molar-refractivity contribution in [2.24, 2.45) is 5.92 Å². The molecule has 4 atom stereocenters. The first-order valence-corrected chi connectivity index (χ1v) is 8.89. The Morgan fingerprint density at radius 1 is 1.52 bits per heavy atom. The smallest absolute Gasteiger partial charge is 0.280 e. The number of H-pyrrole nitrogens is 1. The molecule has 11 nitrogen and oxygen atoms in total. The number of nitrogen functional groups attached to an aromatic ring is 1. The molecule has 1 aliphatic heterocycles. The number of nitrogens with zero attached hydrogens (tertiary/aromatic N) is 3. The molecule has 2 aromatic rings. The molecule has 1 fully saturated rings. The number of hydrogen-bond donors (Lipinski definition) is 5. The fourth-order valence-corrected chi connectivity index (χ4v) is 3.24. The van der Waals surface area contributed by atoms with E-state index in [2.05, 4.69) is 20.3 Å². The van der Waals surface area contributed by atoms with Crippen molar-refractivity contribution in [3.8, 4) is 0 Å². The van der Waals surface area contributed by atoms with Crippen LogP contribution in [0.1, 0.15) is 32.4 Å². The standard InChI is InChI=1S/C16H24N6O5/c1-2-3-4-10(24)18-5-8-9(6-23)27-15(12(8)25)22-7-19-11-13(22)20-16(17)21-14(11)26/h7-9,12,15,23,25H,2-6H2,1H3,(H,18,24)(H3,17,20,21,26)/t8-,9-,12-,15-/m1/s1. The predicted octanol–water partition coefficient (Wildman–Crippen LogP) is -1.12. The molecule has 1 amide bonds. The number of amides is 1. The number of aliphatic hydroxyl groups is 2. The van der Waals surface area contributed by atoms with Gasteiger partial charge < -0.3 is 26.0 Å². The largest absolute Gasteiger partial charge is 0.394 e. The van der Waals surface area contributed by atoms with E-state index < -0.39 is 29.9 Å². The summed E-state index contributed by atoms with van der Waals surface area (Å²) in [5.74, 6) is -0.721. The fourth-order valence-electron chi connectivity index (χ4n) is 3.24. The average molecular weight is 380 g/mol. The number of ether oxygens (including phenoxy) is 1. The topological polar surface area (TPSA) is 168 Å². The second-order valence-corrected chi connectivity index (χ2v) is 6.58. The van der Waals surface area contributed by atoms with E-state index in [9.17, 15) is 19.8 Å². The fraction of sp³-hybridized carbons (Fsp3) is 0.625. The zero-order valence-corrected chi connectivity index (χ0v) is 15.0. The van der Waals surface area contributed by atoms with Crippen LogP contribution in [0.15, 0.2) is 11.1 Å². The van der Waals surface area contributed by atoms with Gasteiger partial charge in [0.05, 0.1) is 19.0 Å². The van der Waals surface area contributed by atoms with E-state index in [1.165, 1.54) is 10.9 Å². The molecule has 0 saturated carbocycles. The highest BCUT2D eigenvalue weighted by Gasteiger charge is 2.44. The second-order valence-electron chi connectivity index (χ2n) is 6.58. The van der Waals surface area contributed by atoms with E-state index in [0.717, 1.165) is 12.8 Å². The Labute approximate surface area is 154 Å². The number of carbonyl (C=O) groups excluding carboxylic acids is 1. The van der Waals surface area contributed by atoms with Gasteiger partial charge in [-0.05, 0) is 6.42 Å². The molecule has 6 N–H and O–H groups in total. The van der Waals surface area contributed by atoms with Gasteiger partial charge >= 0.3 is 0 Å². The molecular formula is C16H24N6O5. The molecule has 0 radical (unpaired) electrons. The molecule has 0 aromatic carbocycles. The molecule has 11 heteroatoms. The number of rotatable bonds is 7. The maximum atomic E-state index is 11.9. The minimum atomic E-state index is -1.05. The number of fused-ring (bicyclic) bond motifs is 1. The van der Waals surface area contributed by atoms with Gasteiger partial charge in [-0.3, -0.25) is 19.1 Å². The van der Waals surface area contributed by atoms with Gasteiger partial charge in [0, 0.05) is 18.9 Å². The van der Waals surface area contributed by atoms with Crippen LogP contribution in [0.5, 0.6) is 0 Å². The maximum absolute atomic E-state index is 11.9. The number of aromatic nitrogens is 4. The lowest BCUT2D eigenvalue weighted by Crippen LogP contribution is -2.39. The van der Waals surface area contributed by atoms with Crippen LogP contribution in [0.25, 0.3) is 11.2 Å². The molecular weight excluding hydrogens is 356 g/mol. The van der Waals surface area contributed by atoms with Crippen molar-refractivity contribution in [2.45, 2.75) is 44.6 Å². The second kappa shape index (κ2) is 8.03. The van der Waals surface area contributed by atoms with Crippen molar-refractivity contribution < 1.29 is 19.7 Å². The van der Waals surface area contributed by atoms with Crippen molar-refractivity contribution >= 4 is 23.0 Å². The van der Waals surface area contributed by atoms with E-state index >= 15 is 0 Å². The number of anilines is 1. The number of imidazole rings is 1. The SMILES string of the molecule is CCCCC(=O)NC[C@H]1[C@@H](O)[C@H](n2cnc3c(=O)[nH]c(N)nc32)O[C@@H]1CO. The number of nitrogens with two attached hydrogens (primary N) is 1. The van der Waals surface area contributed by atoms with Crippen molar-refractivity contribution in [1.29, 1.82) is 0 Å². The summed E-state index contributed by atoms with van der Waals surface area (Å²) in [6.07, 6.45) is 0.777. The van der Waals surface area contributed by atoms with Gasteiger partial charge in [0.15, 0.2) is 17.4 Å². The van der Waals surface area contributed by atoms with Gasteiger partial charge in [-0.15, -0.1) is 0 Å². The van der Waals surface area contributed by atoms with Crippen LogP contribution in [0.3, 0.4) is 0 Å². The lowest BCUT2D eigenvalue weighted by atomic mass is 9.98. The van der Waals surface area contributed by atoms with Crippen LogP contribution < -0.4 is 16.6 Å². The number of carbonyl (C=O) groups is 1. The third-order valence-corrected chi connectivity index (χ3v) is 4.72. The van der Waals surface area contributed by atoms with E-state index in [1.807, 2.05) is 6.92 Å². The van der Waals surface area contributed by atoms with Crippen LogP contribution in [0.2, 0.25) is 0 Å². The number of aliphatic hydroxyl groups excluding tert-OH is 2. The van der Waals surface area contributed by atoms with Crippen LogP contribution in [-0.4, -0.2) is 61.0 Å². The number of aromatic amines is 1. The van der Waals surface area contributed by atoms with Crippen LogP contribution >= 0.6 is 0 Å². The number of unbranched alkanes of at least 4 members (excludes halogenated alkanes) is 1. The summed E-state index contributed by atoms with van der Waals surface area (Å²) in [7, 11) is 0. The van der Waals surface area contributed by atoms with Gasteiger partial charge in [0.2, 0.25) is 11.9 Å². The summed E-state index contributed by atoms with van der Waals surface area (Å²) in [4.78, 5) is 34.2. The van der Waals surface area contributed by atoms with E-state index in [4.69, 9.17) is 10.5 Å². The Kier molecular flexibility index (Phi) is 5.73. The monoisotopic (exact) mass is 380 g/mol. The third-order valence-electron chi connectivity index (χ3n) is 4.72. The average Bonchev–Trinajstić information content (AvgIpc) is 3.19. The Bertz CT molecular complexity index is 865. The Hall–Kier alpha value is -2.50. The highest BCUT2D eigenvalue weighted by molar-refractivity contribution is 5.75. The van der Waals surface area contributed by atoms with Crippen molar-refractivity contribution in [3.05, 3.63) is 16.7 Å². The molecule has 0 bridgehead atoms. The highest BCUT2D eigenvalue weighted by atomic mass is 16.5. The molecule has 0 aliphatic carbocycles. The van der Waals surface area contributed by atoms with E-state index in [-0.39, 0.29) is 36.2 Å². The minimum Gasteiger partial charge on any atom is -0.394 e. The highest BCUT2D eigenvalue weighted by Crippen LogP contribution is 2.34. The molecule has 0 unspecified atom stereocenters. The molecule has 1 aliphatic rings. The van der Waals surface area contributed by atoms with Gasteiger partial charge in [0.1, 0.15) is 6.10 Å². The number of nitrogens with one attached hydrogen (secondary N) is 2. The first kappa shape index (κ1) is 19.3. The number of hydrogen-bond acceptors (Lipinski definition) is 8. The summed E-state index contributed by atoms with van der Waals surface area (Å²) in [5.41, 5.74) is 5.33. The van der Waals surface area contributed by atoms with Crippen LogP contribution in [0.4, 0.5) is 5.95 Å². The zero-order chi connectivity index (χ0) is 19.6. The van der Waals surface area contributed by atoms with Crippen LogP contribution in [0, 0.1) is 5.92 Å². The molecule has 148 valence electrons. The summed E-state index contributed by atoms with van der Waals surface area (Å²) < 4.78 is 7.17. The van der Waals surface area contributed by atoms with E-state index in [1.54, 1.807) is 0 Å². The van der Waals surface area contributed by atoms with Gasteiger partial charge in [-0.1, -0.05) is 13.3 Å². The molecule has 27 heavy (non-hydrogen) atoms.